The van der Waals surface area contributed by atoms with E-state index in [1.807, 2.05) is 31.2 Å². The molecule has 1 aromatic heterocycles. The van der Waals surface area contributed by atoms with Gasteiger partial charge >= 0.3 is 0 Å². The van der Waals surface area contributed by atoms with Crippen molar-refractivity contribution in [2.75, 3.05) is 12.8 Å². The molecule has 0 aliphatic carbocycles. The highest BCUT2D eigenvalue weighted by molar-refractivity contribution is 7.89. The predicted molar refractivity (Wildman–Crippen MR) is 83.5 cm³/mol. The molecule has 112 valence electrons. The van der Waals surface area contributed by atoms with Crippen molar-refractivity contribution in [3.05, 3.63) is 52.7 Å². The molecule has 7 heteroatoms. The average molecular weight is 326 g/mol. The lowest BCUT2D eigenvalue weighted by atomic mass is 10.1. The van der Waals surface area contributed by atoms with E-state index in [2.05, 4.69) is 4.98 Å². The number of hydrogen-bond donors (Lipinski definition) is 1. The van der Waals surface area contributed by atoms with Crippen LogP contribution in [0.15, 0.2) is 41.4 Å². The molecule has 0 spiro atoms. The Hall–Kier alpha value is -1.63. The van der Waals surface area contributed by atoms with Crippen molar-refractivity contribution in [3.8, 4) is 0 Å². The maximum absolute atomic E-state index is 12.5. The van der Waals surface area contributed by atoms with E-state index in [1.165, 1.54) is 23.6 Å². The summed E-state index contributed by atoms with van der Waals surface area (Å²) in [6, 6.07) is 8.99. The van der Waals surface area contributed by atoms with E-state index in [0.29, 0.717) is 0 Å². The van der Waals surface area contributed by atoms with E-state index in [-0.39, 0.29) is 22.3 Å². The number of nitrogens with two attached hydrogens (primary N) is 1. The van der Waals surface area contributed by atoms with Gasteiger partial charge in [-0.25, -0.2) is 13.4 Å². The third-order valence-electron chi connectivity index (χ3n) is 3.04. The molecule has 2 N–H and O–H groups in total. The molecule has 1 heterocycles. The van der Waals surface area contributed by atoms with Crippen molar-refractivity contribution in [3.63, 3.8) is 0 Å². The second kappa shape index (κ2) is 6.01. The lowest BCUT2D eigenvalue weighted by molar-refractivity contribution is 0.466. The minimum atomic E-state index is -3.66. The van der Waals surface area contributed by atoms with Gasteiger partial charge in [0.25, 0.3) is 0 Å². The molecule has 0 aliphatic rings. The number of aromatic nitrogens is 1. The summed E-state index contributed by atoms with van der Waals surface area (Å²) < 4.78 is 26.2. The molecule has 0 saturated heterocycles. The number of nitrogens with zero attached hydrogens (tertiary/aromatic N) is 2. The summed E-state index contributed by atoms with van der Waals surface area (Å²) in [6.07, 6.45) is 1.21. The van der Waals surface area contributed by atoms with Crippen molar-refractivity contribution >= 4 is 27.4 Å². The first-order valence-corrected chi connectivity index (χ1v) is 8.05. The standard InChI is InChI=1S/C14H16ClN3O2S/c1-10-4-3-5-11(6-10)9-18(2)21(19,20)12-7-13(15)14(16)17-8-12/h3-8H,9H2,1-2H3,(H2,16,17). The smallest absolute Gasteiger partial charge is 0.244 e. The number of aryl methyl sites for hydroxylation is 1. The van der Waals surface area contributed by atoms with Gasteiger partial charge in [-0.3, -0.25) is 0 Å². The fourth-order valence-corrected chi connectivity index (χ4v) is 3.27. The minimum Gasteiger partial charge on any atom is -0.382 e. The lowest BCUT2D eigenvalue weighted by Gasteiger charge is -2.17. The van der Waals surface area contributed by atoms with E-state index in [4.69, 9.17) is 17.3 Å². The normalized spacial score (nSPS) is 11.8. The Kier molecular flexibility index (Phi) is 4.51. The number of hydrogen-bond acceptors (Lipinski definition) is 4. The number of rotatable bonds is 4. The molecule has 0 atom stereocenters. The van der Waals surface area contributed by atoms with Gasteiger partial charge in [0.05, 0.1) is 5.02 Å². The monoisotopic (exact) mass is 325 g/mol. The minimum absolute atomic E-state index is 0.0249. The van der Waals surface area contributed by atoms with Crippen LogP contribution in [-0.2, 0) is 16.6 Å². The van der Waals surface area contributed by atoms with E-state index >= 15 is 0 Å². The second-order valence-electron chi connectivity index (χ2n) is 4.79. The summed E-state index contributed by atoms with van der Waals surface area (Å²) in [4.78, 5) is 3.81. The van der Waals surface area contributed by atoms with Crippen LogP contribution in [0.25, 0.3) is 0 Å². The van der Waals surface area contributed by atoms with Gasteiger partial charge in [-0.15, -0.1) is 0 Å². The molecule has 0 fully saturated rings. The van der Waals surface area contributed by atoms with E-state index in [1.54, 1.807) is 0 Å². The summed E-state index contributed by atoms with van der Waals surface area (Å²) in [5.74, 6) is 0.108. The highest BCUT2D eigenvalue weighted by Crippen LogP contribution is 2.22. The highest BCUT2D eigenvalue weighted by Gasteiger charge is 2.22. The summed E-state index contributed by atoms with van der Waals surface area (Å²) in [5.41, 5.74) is 7.49. The quantitative estimate of drug-likeness (QED) is 0.936. The maximum atomic E-state index is 12.5. The topological polar surface area (TPSA) is 76.3 Å². The van der Waals surface area contributed by atoms with Gasteiger partial charge < -0.3 is 5.73 Å². The van der Waals surface area contributed by atoms with Gasteiger partial charge in [-0.1, -0.05) is 41.4 Å². The molecule has 0 bridgehead atoms. The van der Waals surface area contributed by atoms with Gasteiger partial charge in [0.1, 0.15) is 10.7 Å². The van der Waals surface area contributed by atoms with Gasteiger partial charge in [-0.2, -0.15) is 4.31 Å². The van der Waals surface area contributed by atoms with Crippen LogP contribution in [0.1, 0.15) is 11.1 Å². The molecule has 5 nitrogen and oxygen atoms in total. The van der Waals surface area contributed by atoms with Gasteiger partial charge in [0.2, 0.25) is 10.0 Å². The Morgan fingerprint density at radius 1 is 1.33 bits per heavy atom. The number of halogens is 1. The highest BCUT2D eigenvalue weighted by atomic mass is 35.5. The van der Waals surface area contributed by atoms with E-state index in [0.717, 1.165) is 11.1 Å². The van der Waals surface area contributed by atoms with Gasteiger partial charge in [-0.05, 0) is 18.6 Å². The third-order valence-corrected chi connectivity index (χ3v) is 5.11. The van der Waals surface area contributed by atoms with Crippen LogP contribution in [0.3, 0.4) is 0 Å². The molecule has 0 saturated carbocycles. The Balaban J connectivity index is 2.28. The van der Waals surface area contributed by atoms with Crippen LogP contribution < -0.4 is 5.73 Å². The zero-order chi connectivity index (χ0) is 15.6. The molecule has 21 heavy (non-hydrogen) atoms. The Bertz CT molecular complexity index is 763. The van der Waals surface area contributed by atoms with E-state index < -0.39 is 10.0 Å². The summed E-state index contributed by atoms with van der Waals surface area (Å²) >= 11 is 5.84. The molecular formula is C14H16ClN3O2S. The number of sulfonamides is 1. The lowest BCUT2D eigenvalue weighted by Crippen LogP contribution is -2.26. The van der Waals surface area contributed by atoms with Crippen LogP contribution in [0.5, 0.6) is 0 Å². The maximum Gasteiger partial charge on any atom is 0.244 e. The zero-order valence-corrected chi connectivity index (χ0v) is 13.3. The van der Waals surface area contributed by atoms with Crippen molar-refractivity contribution in [2.45, 2.75) is 18.4 Å². The molecule has 0 aliphatic heterocycles. The number of nitrogen functional groups attached to an aromatic ring is 1. The average Bonchev–Trinajstić information content (AvgIpc) is 2.41. The Morgan fingerprint density at radius 2 is 2.05 bits per heavy atom. The van der Waals surface area contributed by atoms with Crippen molar-refractivity contribution in [2.24, 2.45) is 0 Å². The molecule has 2 aromatic rings. The van der Waals surface area contributed by atoms with Crippen molar-refractivity contribution in [1.82, 2.24) is 9.29 Å². The van der Waals surface area contributed by atoms with Crippen molar-refractivity contribution < 1.29 is 8.42 Å². The van der Waals surface area contributed by atoms with Crippen LogP contribution in [0.4, 0.5) is 5.82 Å². The summed E-state index contributed by atoms with van der Waals surface area (Å²) in [6.45, 7) is 2.23. The second-order valence-corrected chi connectivity index (χ2v) is 7.24. The van der Waals surface area contributed by atoms with Crippen LogP contribution >= 0.6 is 11.6 Å². The van der Waals surface area contributed by atoms with Crippen molar-refractivity contribution in [1.29, 1.82) is 0 Å². The SMILES string of the molecule is Cc1cccc(CN(C)S(=O)(=O)c2cnc(N)c(Cl)c2)c1. The molecule has 0 radical (unpaired) electrons. The fourth-order valence-electron chi connectivity index (χ4n) is 1.90. The van der Waals surface area contributed by atoms with E-state index in [9.17, 15) is 8.42 Å². The number of pyridine rings is 1. The molecule has 2 rings (SSSR count). The first-order chi connectivity index (χ1) is 9.80. The number of benzene rings is 1. The first-order valence-electron chi connectivity index (χ1n) is 6.23. The van der Waals surface area contributed by atoms with Crippen LogP contribution in [-0.4, -0.2) is 24.8 Å². The molecule has 0 unspecified atom stereocenters. The van der Waals surface area contributed by atoms with Gasteiger partial charge in [0.15, 0.2) is 0 Å². The zero-order valence-electron chi connectivity index (χ0n) is 11.7. The number of anilines is 1. The molecule has 1 aromatic carbocycles. The van der Waals surface area contributed by atoms with Crippen LogP contribution in [0, 0.1) is 6.92 Å². The largest absolute Gasteiger partial charge is 0.382 e. The summed E-state index contributed by atoms with van der Waals surface area (Å²) in [5, 5.41) is 0.125. The first kappa shape index (κ1) is 15.8. The summed E-state index contributed by atoms with van der Waals surface area (Å²) in [7, 11) is -2.14. The van der Waals surface area contributed by atoms with Crippen LogP contribution in [0.2, 0.25) is 5.02 Å². The predicted octanol–water partition coefficient (Wildman–Crippen LogP) is 2.45. The van der Waals surface area contributed by atoms with Gasteiger partial charge in [0, 0.05) is 19.8 Å². The third kappa shape index (κ3) is 3.53. The Labute approximate surface area is 129 Å². The molecular weight excluding hydrogens is 310 g/mol. The fraction of sp³-hybridized carbons (Fsp3) is 0.214. The molecule has 0 amide bonds. The Morgan fingerprint density at radius 3 is 2.67 bits per heavy atom.